The summed E-state index contributed by atoms with van der Waals surface area (Å²) in [5, 5.41) is 0. The molecule has 2 rings (SSSR count). The van der Waals surface area contributed by atoms with E-state index in [1.165, 1.54) is 37.8 Å². The largest absolute Gasteiger partial charge is 0.462 e. The van der Waals surface area contributed by atoms with Crippen LogP contribution in [-0.4, -0.2) is 12.6 Å². The Labute approximate surface area is 106 Å². The van der Waals surface area contributed by atoms with Gasteiger partial charge < -0.3 is 10.5 Å². The molecule has 3 nitrogen and oxygen atoms in total. The molecule has 4 heteroatoms. The first-order chi connectivity index (χ1) is 8.66. The fourth-order valence-corrected chi connectivity index (χ4v) is 2.39. The van der Waals surface area contributed by atoms with Gasteiger partial charge in [-0.25, -0.2) is 9.18 Å². The van der Waals surface area contributed by atoms with Crippen molar-refractivity contribution in [3.8, 4) is 0 Å². The third-order valence-corrected chi connectivity index (χ3v) is 3.45. The molecule has 0 radical (unpaired) electrons. The zero-order valence-electron chi connectivity index (χ0n) is 10.3. The van der Waals surface area contributed by atoms with Crippen molar-refractivity contribution >= 4 is 11.7 Å². The van der Waals surface area contributed by atoms with Gasteiger partial charge in [-0.05, 0) is 30.5 Å². The summed E-state index contributed by atoms with van der Waals surface area (Å²) in [6.45, 7) is 0.368. The number of ether oxygens (including phenoxy) is 1. The van der Waals surface area contributed by atoms with E-state index in [-0.39, 0.29) is 5.56 Å². The Kier molecular flexibility index (Phi) is 4.18. The minimum absolute atomic E-state index is 0.0457. The monoisotopic (exact) mass is 251 g/mol. The van der Waals surface area contributed by atoms with Crippen molar-refractivity contribution in [1.82, 2.24) is 0 Å². The molecule has 1 saturated carbocycles. The number of hydrogen-bond acceptors (Lipinski definition) is 3. The second-order valence-corrected chi connectivity index (χ2v) is 4.81. The van der Waals surface area contributed by atoms with Crippen LogP contribution in [0.3, 0.4) is 0 Å². The predicted molar refractivity (Wildman–Crippen MR) is 67.7 cm³/mol. The Hall–Kier alpha value is -1.58. The Bertz CT molecular complexity index is 428. The van der Waals surface area contributed by atoms with Crippen molar-refractivity contribution < 1.29 is 13.9 Å². The van der Waals surface area contributed by atoms with E-state index >= 15 is 0 Å². The van der Waals surface area contributed by atoms with Gasteiger partial charge in [0.15, 0.2) is 0 Å². The molecule has 98 valence electrons. The molecule has 0 aromatic heterocycles. The molecule has 18 heavy (non-hydrogen) atoms. The van der Waals surface area contributed by atoms with Gasteiger partial charge in [0.2, 0.25) is 0 Å². The van der Waals surface area contributed by atoms with Crippen molar-refractivity contribution in [2.45, 2.75) is 32.1 Å². The second kappa shape index (κ2) is 5.85. The van der Waals surface area contributed by atoms with E-state index in [0.29, 0.717) is 18.2 Å². The van der Waals surface area contributed by atoms with Crippen LogP contribution in [0.4, 0.5) is 10.1 Å². The molecule has 0 saturated heterocycles. The summed E-state index contributed by atoms with van der Waals surface area (Å²) >= 11 is 0. The van der Waals surface area contributed by atoms with Gasteiger partial charge in [-0.3, -0.25) is 0 Å². The first-order valence-corrected chi connectivity index (χ1v) is 6.39. The van der Waals surface area contributed by atoms with Gasteiger partial charge in [0.25, 0.3) is 0 Å². The standard InChI is InChI=1S/C14H18FNO2/c15-13-9-11(16)5-6-12(13)14(17)18-8-7-10-3-1-2-4-10/h5-6,9-10H,1-4,7-8,16H2. The number of nitrogens with two attached hydrogens (primary N) is 1. The van der Waals surface area contributed by atoms with Crippen molar-refractivity contribution in [2.75, 3.05) is 12.3 Å². The quantitative estimate of drug-likeness (QED) is 0.660. The van der Waals surface area contributed by atoms with Crippen LogP contribution in [0.25, 0.3) is 0 Å². The predicted octanol–water partition coefficient (Wildman–Crippen LogP) is 3.15. The van der Waals surface area contributed by atoms with Crippen LogP contribution in [0.5, 0.6) is 0 Å². The highest BCUT2D eigenvalue weighted by Crippen LogP contribution is 2.27. The molecule has 1 aromatic rings. The molecule has 0 heterocycles. The Morgan fingerprint density at radius 1 is 1.39 bits per heavy atom. The molecule has 1 aromatic carbocycles. The Balaban J connectivity index is 1.83. The first-order valence-electron chi connectivity index (χ1n) is 6.39. The van der Waals surface area contributed by atoms with Crippen LogP contribution < -0.4 is 5.73 Å². The summed E-state index contributed by atoms with van der Waals surface area (Å²) in [5.74, 6) is -0.569. The SMILES string of the molecule is Nc1ccc(C(=O)OCCC2CCCC2)c(F)c1. The van der Waals surface area contributed by atoms with Gasteiger partial charge >= 0.3 is 5.97 Å². The third-order valence-electron chi connectivity index (χ3n) is 3.45. The molecular weight excluding hydrogens is 233 g/mol. The molecule has 0 atom stereocenters. The molecule has 0 amide bonds. The summed E-state index contributed by atoms with van der Waals surface area (Å²) in [7, 11) is 0. The zero-order chi connectivity index (χ0) is 13.0. The summed E-state index contributed by atoms with van der Waals surface area (Å²) in [6, 6.07) is 3.99. The number of carbonyl (C=O) groups excluding carboxylic acids is 1. The van der Waals surface area contributed by atoms with E-state index in [0.717, 1.165) is 12.5 Å². The van der Waals surface area contributed by atoms with Gasteiger partial charge in [0.05, 0.1) is 12.2 Å². The molecule has 0 bridgehead atoms. The maximum atomic E-state index is 13.4. The summed E-state index contributed by atoms with van der Waals surface area (Å²) < 4.78 is 18.5. The minimum atomic E-state index is -0.624. The van der Waals surface area contributed by atoms with E-state index in [2.05, 4.69) is 0 Å². The molecule has 0 unspecified atom stereocenters. The molecule has 0 spiro atoms. The molecule has 2 N–H and O–H groups in total. The van der Waals surface area contributed by atoms with Crippen molar-refractivity contribution in [3.05, 3.63) is 29.6 Å². The number of nitrogen functional groups attached to an aromatic ring is 1. The van der Waals surface area contributed by atoms with Crippen LogP contribution in [0.1, 0.15) is 42.5 Å². The maximum Gasteiger partial charge on any atom is 0.341 e. The van der Waals surface area contributed by atoms with E-state index in [9.17, 15) is 9.18 Å². The van der Waals surface area contributed by atoms with E-state index in [4.69, 9.17) is 10.5 Å². The molecule has 1 aliphatic carbocycles. The Morgan fingerprint density at radius 2 is 2.11 bits per heavy atom. The number of hydrogen-bond donors (Lipinski definition) is 1. The minimum Gasteiger partial charge on any atom is -0.462 e. The highest BCUT2D eigenvalue weighted by Gasteiger charge is 2.17. The van der Waals surface area contributed by atoms with Gasteiger partial charge in [-0.2, -0.15) is 0 Å². The van der Waals surface area contributed by atoms with Gasteiger partial charge in [-0.1, -0.05) is 25.7 Å². The van der Waals surface area contributed by atoms with Gasteiger partial charge in [0, 0.05) is 5.69 Å². The number of benzene rings is 1. The molecule has 1 fully saturated rings. The Morgan fingerprint density at radius 3 is 2.78 bits per heavy atom. The van der Waals surface area contributed by atoms with E-state index < -0.39 is 11.8 Å². The number of esters is 1. The van der Waals surface area contributed by atoms with Crippen molar-refractivity contribution in [2.24, 2.45) is 5.92 Å². The highest BCUT2D eigenvalue weighted by molar-refractivity contribution is 5.90. The maximum absolute atomic E-state index is 13.4. The van der Waals surface area contributed by atoms with Crippen LogP contribution >= 0.6 is 0 Å². The summed E-state index contributed by atoms with van der Waals surface area (Å²) in [4.78, 5) is 11.6. The van der Waals surface area contributed by atoms with Crippen LogP contribution in [0, 0.1) is 11.7 Å². The fourth-order valence-electron chi connectivity index (χ4n) is 2.39. The van der Waals surface area contributed by atoms with Crippen molar-refractivity contribution in [1.29, 1.82) is 0 Å². The van der Waals surface area contributed by atoms with Crippen LogP contribution in [0.15, 0.2) is 18.2 Å². The lowest BCUT2D eigenvalue weighted by molar-refractivity contribution is 0.0478. The average Bonchev–Trinajstić information content (AvgIpc) is 2.81. The van der Waals surface area contributed by atoms with Gasteiger partial charge in [0.1, 0.15) is 5.82 Å². The fraction of sp³-hybridized carbons (Fsp3) is 0.500. The molecule has 1 aliphatic rings. The van der Waals surface area contributed by atoms with Gasteiger partial charge in [-0.15, -0.1) is 0 Å². The van der Waals surface area contributed by atoms with E-state index in [1.54, 1.807) is 0 Å². The number of halogens is 1. The second-order valence-electron chi connectivity index (χ2n) is 4.81. The van der Waals surface area contributed by atoms with Crippen LogP contribution in [0.2, 0.25) is 0 Å². The number of carbonyl (C=O) groups is 1. The smallest absolute Gasteiger partial charge is 0.341 e. The highest BCUT2D eigenvalue weighted by atomic mass is 19.1. The normalized spacial score (nSPS) is 15.8. The molecular formula is C14H18FNO2. The van der Waals surface area contributed by atoms with Crippen LogP contribution in [-0.2, 0) is 4.74 Å². The summed E-state index contributed by atoms with van der Waals surface area (Å²) in [5.41, 5.74) is 5.67. The third kappa shape index (κ3) is 3.22. The zero-order valence-corrected chi connectivity index (χ0v) is 10.3. The first kappa shape index (κ1) is 12.9. The van der Waals surface area contributed by atoms with Crippen molar-refractivity contribution in [3.63, 3.8) is 0 Å². The number of anilines is 1. The van der Waals surface area contributed by atoms with E-state index in [1.807, 2.05) is 0 Å². The lowest BCUT2D eigenvalue weighted by Crippen LogP contribution is -2.11. The lowest BCUT2D eigenvalue weighted by atomic mass is 10.1. The number of rotatable bonds is 4. The lowest BCUT2D eigenvalue weighted by Gasteiger charge is -2.09. The topological polar surface area (TPSA) is 52.3 Å². The summed E-state index contributed by atoms with van der Waals surface area (Å²) in [6.07, 6.45) is 5.85. The molecule has 0 aliphatic heterocycles. The average molecular weight is 251 g/mol.